The lowest BCUT2D eigenvalue weighted by Gasteiger charge is -2.08. The highest BCUT2D eigenvalue weighted by atomic mass is 16.1. The smallest absolute Gasteiger partial charge is 0.221 e. The van der Waals surface area contributed by atoms with E-state index in [4.69, 9.17) is 5.84 Å². The number of unbranched alkanes of at least 4 members (excludes halogenated alkanes) is 1. The minimum Gasteiger partial charge on any atom is -0.359 e. The van der Waals surface area contributed by atoms with Gasteiger partial charge in [0, 0.05) is 26.6 Å². The van der Waals surface area contributed by atoms with E-state index in [9.17, 15) is 4.79 Å². The van der Waals surface area contributed by atoms with Gasteiger partial charge in [-0.1, -0.05) is 13.3 Å². The highest BCUT2D eigenvalue weighted by molar-refractivity contribution is 5.80. The predicted molar refractivity (Wildman–Crippen MR) is 61.2 cm³/mol. The van der Waals surface area contributed by atoms with Crippen LogP contribution in [0.25, 0.3) is 0 Å². The molecule has 0 radical (unpaired) electrons. The molecule has 0 aliphatic carbocycles. The van der Waals surface area contributed by atoms with Gasteiger partial charge in [0.25, 0.3) is 0 Å². The third-order valence-electron chi connectivity index (χ3n) is 1.84. The topological polar surface area (TPSA) is 91.5 Å². The monoisotopic (exact) mass is 215 g/mol. The van der Waals surface area contributed by atoms with Crippen molar-refractivity contribution in [1.82, 2.24) is 16.1 Å². The molecule has 0 fully saturated rings. The Morgan fingerprint density at radius 1 is 1.47 bits per heavy atom. The van der Waals surface area contributed by atoms with E-state index >= 15 is 0 Å². The number of hydrogen-bond donors (Lipinski definition) is 4. The van der Waals surface area contributed by atoms with Crippen LogP contribution in [-0.4, -0.2) is 32.0 Å². The zero-order valence-corrected chi connectivity index (χ0v) is 9.47. The molecule has 1 amide bonds. The van der Waals surface area contributed by atoms with Gasteiger partial charge in [-0.25, -0.2) is 5.84 Å². The zero-order valence-electron chi connectivity index (χ0n) is 9.47. The zero-order chi connectivity index (χ0) is 11.5. The molecule has 0 heterocycles. The molecule has 6 nitrogen and oxygen atoms in total. The SMILES string of the molecule is CCCCN=C(NN)NCCC(=O)NC. The quantitative estimate of drug-likeness (QED) is 0.155. The Morgan fingerprint density at radius 2 is 2.20 bits per heavy atom. The van der Waals surface area contributed by atoms with Crippen LogP contribution in [0, 0.1) is 0 Å². The van der Waals surface area contributed by atoms with Gasteiger partial charge < -0.3 is 10.6 Å². The first-order valence-corrected chi connectivity index (χ1v) is 5.20. The molecular formula is C9H21N5O. The summed E-state index contributed by atoms with van der Waals surface area (Å²) in [5.41, 5.74) is 2.46. The van der Waals surface area contributed by atoms with E-state index < -0.39 is 0 Å². The Balaban J connectivity index is 3.69. The molecule has 0 bridgehead atoms. The number of aliphatic imine (C=N–C) groups is 1. The van der Waals surface area contributed by atoms with Crippen molar-refractivity contribution in [2.24, 2.45) is 10.8 Å². The van der Waals surface area contributed by atoms with Crippen LogP contribution in [0.1, 0.15) is 26.2 Å². The number of rotatable bonds is 6. The molecule has 0 rings (SSSR count). The van der Waals surface area contributed by atoms with Crippen LogP contribution in [0.2, 0.25) is 0 Å². The highest BCUT2D eigenvalue weighted by Gasteiger charge is 1.98. The predicted octanol–water partition coefficient (Wildman–Crippen LogP) is -0.668. The van der Waals surface area contributed by atoms with Gasteiger partial charge in [0.2, 0.25) is 11.9 Å². The molecule has 0 spiro atoms. The largest absolute Gasteiger partial charge is 0.359 e. The number of amides is 1. The minimum atomic E-state index is -0.00701. The maximum absolute atomic E-state index is 10.9. The van der Waals surface area contributed by atoms with Gasteiger partial charge in [-0.15, -0.1) is 0 Å². The molecule has 0 saturated carbocycles. The first-order chi connectivity index (χ1) is 7.24. The van der Waals surface area contributed by atoms with Gasteiger partial charge in [0.1, 0.15) is 0 Å². The van der Waals surface area contributed by atoms with Gasteiger partial charge in [-0.2, -0.15) is 0 Å². The Morgan fingerprint density at radius 3 is 2.73 bits per heavy atom. The van der Waals surface area contributed by atoms with Crippen LogP contribution in [0.3, 0.4) is 0 Å². The number of hydrogen-bond acceptors (Lipinski definition) is 3. The van der Waals surface area contributed by atoms with Crippen LogP contribution < -0.4 is 21.9 Å². The summed E-state index contributed by atoms with van der Waals surface area (Å²) in [5.74, 6) is 5.79. The Labute approximate surface area is 90.7 Å². The lowest BCUT2D eigenvalue weighted by Crippen LogP contribution is -2.42. The molecule has 0 aromatic heterocycles. The number of carbonyl (C=O) groups excluding carboxylic acids is 1. The van der Waals surface area contributed by atoms with Crippen molar-refractivity contribution in [3.8, 4) is 0 Å². The van der Waals surface area contributed by atoms with E-state index in [1.54, 1.807) is 7.05 Å². The van der Waals surface area contributed by atoms with E-state index in [2.05, 4.69) is 28.0 Å². The van der Waals surface area contributed by atoms with E-state index in [0.717, 1.165) is 19.4 Å². The van der Waals surface area contributed by atoms with Crippen molar-refractivity contribution in [2.75, 3.05) is 20.1 Å². The van der Waals surface area contributed by atoms with Crippen molar-refractivity contribution in [3.05, 3.63) is 0 Å². The van der Waals surface area contributed by atoms with Gasteiger partial charge in [0.15, 0.2) is 0 Å². The summed E-state index contributed by atoms with van der Waals surface area (Å²) in [7, 11) is 1.61. The maximum Gasteiger partial charge on any atom is 0.221 e. The Kier molecular flexibility index (Phi) is 8.46. The molecule has 0 saturated heterocycles. The van der Waals surface area contributed by atoms with E-state index in [-0.39, 0.29) is 5.91 Å². The van der Waals surface area contributed by atoms with Crippen LogP contribution in [0.4, 0.5) is 0 Å². The van der Waals surface area contributed by atoms with Crippen molar-refractivity contribution in [1.29, 1.82) is 0 Å². The van der Waals surface area contributed by atoms with Crippen molar-refractivity contribution in [2.45, 2.75) is 26.2 Å². The fourth-order valence-corrected chi connectivity index (χ4v) is 0.921. The molecule has 6 heteroatoms. The number of carbonyl (C=O) groups is 1. The van der Waals surface area contributed by atoms with Crippen molar-refractivity contribution in [3.63, 3.8) is 0 Å². The second kappa shape index (κ2) is 9.26. The molecule has 15 heavy (non-hydrogen) atoms. The normalized spacial score (nSPS) is 11.0. The molecule has 0 aliphatic rings. The maximum atomic E-state index is 10.9. The van der Waals surface area contributed by atoms with Crippen molar-refractivity contribution >= 4 is 11.9 Å². The summed E-state index contributed by atoms with van der Waals surface area (Å²) in [6.07, 6.45) is 2.53. The Hall–Kier alpha value is -1.30. The highest BCUT2D eigenvalue weighted by Crippen LogP contribution is 1.86. The third kappa shape index (κ3) is 7.75. The Bertz CT molecular complexity index is 205. The summed E-state index contributed by atoms with van der Waals surface area (Å²) in [5, 5.41) is 5.49. The van der Waals surface area contributed by atoms with Crippen LogP contribution >= 0.6 is 0 Å². The van der Waals surface area contributed by atoms with E-state index in [1.807, 2.05) is 0 Å². The molecule has 88 valence electrons. The molecule has 5 N–H and O–H groups in total. The summed E-state index contributed by atoms with van der Waals surface area (Å²) in [4.78, 5) is 15.1. The minimum absolute atomic E-state index is 0.00701. The number of nitrogens with one attached hydrogen (secondary N) is 3. The first kappa shape index (κ1) is 13.7. The van der Waals surface area contributed by atoms with Gasteiger partial charge in [-0.3, -0.25) is 15.2 Å². The molecular weight excluding hydrogens is 194 g/mol. The number of nitrogens with zero attached hydrogens (tertiary/aromatic N) is 1. The fraction of sp³-hybridized carbons (Fsp3) is 0.778. The summed E-state index contributed by atoms with van der Waals surface area (Å²) in [6.45, 7) is 3.36. The second-order valence-corrected chi connectivity index (χ2v) is 3.08. The van der Waals surface area contributed by atoms with Crippen LogP contribution in [0.15, 0.2) is 4.99 Å². The first-order valence-electron chi connectivity index (χ1n) is 5.20. The number of nitrogens with two attached hydrogens (primary N) is 1. The van der Waals surface area contributed by atoms with Gasteiger partial charge >= 0.3 is 0 Å². The summed E-state index contributed by atoms with van der Waals surface area (Å²) in [6, 6.07) is 0. The van der Waals surface area contributed by atoms with Gasteiger partial charge in [0.05, 0.1) is 0 Å². The fourth-order valence-electron chi connectivity index (χ4n) is 0.921. The lowest BCUT2D eigenvalue weighted by atomic mass is 10.3. The van der Waals surface area contributed by atoms with E-state index in [1.165, 1.54) is 0 Å². The third-order valence-corrected chi connectivity index (χ3v) is 1.84. The average Bonchev–Trinajstić information content (AvgIpc) is 2.26. The lowest BCUT2D eigenvalue weighted by molar-refractivity contribution is -0.120. The van der Waals surface area contributed by atoms with Crippen molar-refractivity contribution < 1.29 is 4.79 Å². The average molecular weight is 215 g/mol. The van der Waals surface area contributed by atoms with Crippen LogP contribution in [0.5, 0.6) is 0 Å². The summed E-state index contributed by atoms with van der Waals surface area (Å²) < 4.78 is 0. The molecule has 0 atom stereocenters. The summed E-state index contributed by atoms with van der Waals surface area (Å²) >= 11 is 0. The molecule has 0 aliphatic heterocycles. The molecule has 0 unspecified atom stereocenters. The molecule has 0 aromatic carbocycles. The molecule has 0 aromatic rings. The van der Waals surface area contributed by atoms with Crippen LogP contribution in [-0.2, 0) is 4.79 Å². The second-order valence-electron chi connectivity index (χ2n) is 3.08. The standard InChI is InChI=1S/C9H21N5O/c1-3-4-6-12-9(14-10)13-7-5-8(15)11-2/h3-7,10H2,1-2H3,(H,11,15)(H2,12,13,14). The van der Waals surface area contributed by atoms with E-state index in [0.29, 0.717) is 18.9 Å². The van der Waals surface area contributed by atoms with Gasteiger partial charge in [-0.05, 0) is 6.42 Å². The number of hydrazine groups is 1. The number of guanidine groups is 1.